The van der Waals surface area contributed by atoms with Crippen molar-refractivity contribution in [3.8, 4) is 16.9 Å². The molecule has 6 heteroatoms. The zero-order valence-electron chi connectivity index (χ0n) is 14.6. The van der Waals surface area contributed by atoms with Crippen LogP contribution in [0.2, 0.25) is 0 Å². The van der Waals surface area contributed by atoms with E-state index in [0.29, 0.717) is 29.1 Å². The third kappa shape index (κ3) is 3.29. The average molecular weight is 357 g/mol. The minimum Gasteiger partial charge on any atom is -0.492 e. The second kappa shape index (κ2) is 6.68. The number of aromatic amines is 1. The molecule has 0 atom stereocenters. The van der Waals surface area contributed by atoms with Crippen LogP contribution in [-0.4, -0.2) is 29.7 Å². The summed E-state index contributed by atoms with van der Waals surface area (Å²) >= 11 is 0. The van der Waals surface area contributed by atoms with E-state index in [1.54, 1.807) is 18.5 Å². The molecule has 0 aliphatic carbocycles. The van der Waals surface area contributed by atoms with E-state index in [1.807, 2.05) is 0 Å². The van der Waals surface area contributed by atoms with Gasteiger partial charge in [-0.1, -0.05) is 6.92 Å². The number of aromatic nitrogens is 2. The Balaban J connectivity index is 1.70. The normalized spacial score (nSPS) is 16.7. The molecule has 136 valence electrons. The maximum atomic E-state index is 13.7. The number of ether oxygens (including phenoxy) is 1. The van der Waals surface area contributed by atoms with Crippen LogP contribution in [0.15, 0.2) is 36.7 Å². The van der Waals surface area contributed by atoms with E-state index in [2.05, 4.69) is 22.2 Å². The van der Waals surface area contributed by atoms with Crippen molar-refractivity contribution in [3.63, 3.8) is 0 Å². The van der Waals surface area contributed by atoms with Crippen molar-refractivity contribution < 1.29 is 13.5 Å². The minimum absolute atomic E-state index is 0.113. The molecule has 0 unspecified atom stereocenters. The van der Waals surface area contributed by atoms with Gasteiger partial charge in [0, 0.05) is 29.4 Å². The molecule has 3 heterocycles. The highest BCUT2D eigenvalue weighted by Crippen LogP contribution is 2.36. The summed E-state index contributed by atoms with van der Waals surface area (Å²) in [6.07, 6.45) is 5.49. The van der Waals surface area contributed by atoms with E-state index in [-0.39, 0.29) is 5.41 Å². The molecule has 0 spiro atoms. The molecule has 1 saturated heterocycles. The van der Waals surface area contributed by atoms with E-state index in [1.165, 1.54) is 12.1 Å². The van der Waals surface area contributed by atoms with Crippen molar-refractivity contribution in [2.24, 2.45) is 5.41 Å². The van der Waals surface area contributed by atoms with E-state index >= 15 is 0 Å². The molecule has 1 aliphatic rings. The molecule has 0 bridgehead atoms. The fourth-order valence-electron chi connectivity index (χ4n) is 3.51. The first-order valence-electron chi connectivity index (χ1n) is 8.80. The Labute approximate surface area is 150 Å². The largest absolute Gasteiger partial charge is 0.492 e. The summed E-state index contributed by atoms with van der Waals surface area (Å²) in [6.45, 7) is 4.80. The minimum atomic E-state index is -0.608. The molecule has 4 rings (SSSR count). The standard InChI is InChI=1S/C20H21F2N3O/c1-20(3-6-23-7-4-20)12-26-17-2-5-24-19-18(17)16(11-25-19)13-8-14(21)10-15(22)9-13/h2,5,8-11,23H,3-4,6-7,12H2,1H3,(H,24,25). The average Bonchev–Trinajstić information content (AvgIpc) is 3.04. The fraction of sp³-hybridized carbons (Fsp3) is 0.350. The number of H-pyrrole nitrogens is 1. The Morgan fingerprint density at radius 2 is 1.88 bits per heavy atom. The topological polar surface area (TPSA) is 49.9 Å². The van der Waals surface area contributed by atoms with Crippen LogP contribution in [0, 0.1) is 17.0 Å². The summed E-state index contributed by atoms with van der Waals surface area (Å²) in [6, 6.07) is 5.30. The van der Waals surface area contributed by atoms with Crippen molar-refractivity contribution in [2.45, 2.75) is 19.8 Å². The van der Waals surface area contributed by atoms with Crippen molar-refractivity contribution in [2.75, 3.05) is 19.7 Å². The van der Waals surface area contributed by atoms with E-state index in [9.17, 15) is 8.78 Å². The first-order valence-corrected chi connectivity index (χ1v) is 8.80. The zero-order chi connectivity index (χ0) is 18.1. The maximum Gasteiger partial charge on any atom is 0.141 e. The van der Waals surface area contributed by atoms with Crippen LogP contribution in [0.5, 0.6) is 5.75 Å². The van der Waals surface area contributed by atoms with Gasteiger partial charge < -0.3 is 15.0 Å². The third-order valence-electron chi connectivity index (χ3n) is 5.10. The summed E-state index contributed by atoms with van der Waals surface area (Å²) in [5, 5.41) is 4.11. The molecule has 4 nitrogen and oxygen atoms in total. The van der Waals surface area contributed by atoms with Crippen LogP contribution in [-0.2, 0) is 0 Å². The zero-order valence-corrected chi connectivity index (χ0v) is 14.6. The molecule has 3 aromatic rings. The molecule has 26 heavy (non-hydrogen) atoms. The molecule has 2 N–H and O–H groups in total. The number of hydrogen-bond donors (Lipinski definition) is 2. The maximum absolute atomic E-state index is 13.7. The van der Waals surface area contributed by atoms with E-state index < -0.39 is 11.6 Å². The molecule has 2 aromatic heterocycles. The van der Waals surface area contributed by atoms with Gasteiger partial charge >= 0.3 is 0 Å². The van der Waals surface area contributed by atoms with Crippen LogP contribution in [0.4, 0.5) is 8.78 Å². The number of rotatable bonds is 4. The fourth-order valence-corrected chi connectivity index (χ4v) is 3.51. The second-order valence-electron chi connectivity index (χ2n) is 7.24. The van der Waals surface area contributed by atoms with E-state index in [0.717, 1.165) is 37.4 Å². The lowest BCUT2D eigenvalue weighted by atomic mass is 9.82. The van der Waals surface area contributed by atoms with Crippen molar-refractivity contribution in [3.05, 3.63) is 48.3 Å². The number of fused-ring (bicyclic) bond motifs is 1. The first-order chi connectivity index (χ1) is 12.5. The number of nitrogens with zero attached hydrogens (tertiary/aromatic N) is 1. The van der Waals surface area contributed by atoms with Crippen LogP contribution in [0.1, 0.15) is 19.8 Å². The predicted octanol–water partition coefficient (Wildman–Crippen LogP) is 4.28. The number of pyridine rings is 1. The highest BCUT2D eigenvalue weighted by Gasteiger charge is 2.28. The van der Waals surface area contributed by atoms with Gasteiger partial charge in [-0.2, -0.15) is 0 Å². The number of benzene rings is 1. The summed E-state index contributed by atoms with van der Waals surface area (Å²) in [7, 11) is 0. The molecule has 0 amide bonds. The Hall–Kier alpha value is -2.47. The van der Waals surface area contributed by atoms with Gasteiger partial charge in [-0.05, 0) is 49.7 Å². The van der Waals surface area contributed by atoms with Gasteiger partial charge in [-0.3, -0.25) is 0 Å². The molecule has 1 fully saturated rings. The van der Waals surface area contributed by atoms with Crippen molar-refractivity contribution in [1.82, 2.24) is 15.3 Å². The van der Waals surface area contributed by atoms with Gasteiger partial charge in [0.2, 0.25) is 0 Å². The molecular formula is C20H21F2N3O. The van der Waals surface area contributed by atoms with Crippen LogP contribution in [0.25, 0.3) is 22.2 Å². The Kier molecular flexibility index (Phi) is 4.36. The number of halogens is 2. The molecule has 0 saturated carbocycles. The lowest BCUT2D eigenvalue weighted by Gasteiger charge is -2.33. The summed E-state index contributed by atoms with van der Waals surface area (Å²) in [5.74, 6) is -0.540. The Bertz CT molecular complexity index is 912. The van der Waals surface area contributed by atoms with Gasteiger partial charge in [-0.25, -0.2) is 13.8 Å². The number of hydrogen-bond acceptors (Lipinski definition) is 3. The van der Waals surface area contributed by atoms with Gasteiger partial charge in [0.15, 0.2) is 0 Å². The predicted molar refractivity (Wildman–Crippen MR) is 97.2 cm³/mol. The quantitative estimate of drug-likeness (QED) is 0.733. The van der Waals surface area contributed by atoms with Crippen LogP contribution < -0.4 is 10.1 Å². The Morgan fingerprint density at radius 3 is 2.62 bits per heavy atom. The highest BCUT2D eigenvalue weighted by molar-refractivity contribution is 5.98. The van der Waals surface area contributed by atoms with Crippen molar-refractivity contribution >= 4 is 11.0 Å². The summed E-state index contributed by atoms with van der Waals surface area (Å²) < 4.78 is 33.5. The van der Waals surface area contributed by atoms with E-state index in [4.69, 9.17) is 4.74 Å². The van der Waals surface area contributed by atoms with Crippen molar-refractivity contribution in [1.29, 1.82) is 0 Å². The molecule has 0 radical (unpaired) electrons. The van der Waals surface area contributed by atoms with Gasteiger partial charge in [0.25, 0.3) is 0 Å². The first kappa shape index (κ1) is 17.0. The molecule has 1 aliphatic heterocycles. The lowest BCUT2D eigenvalue weighted by Crippen LogP contribution is -2.38. The third-order valence-corrected chi connectivity index (χ3v) is 5.10. The summed E-state index contributed by atoms with van der Waals surface area (Å²) in [5.41, 5.74) is 1.89. The smallest absolute Gasteiger partial charge is 0.141 e. The van der Waals surface area contributed by atoms with Gasteiger partial charge in [0.05, 0.1) is 12.0 Å². The molecule has 1 aromatic carbocycles. The summed E-state index contributed by atoms with van der Waals surface area (Å²) in [4.78, 5) is 7.38. The second-order valence-corrected chi connectivity index (χ2v) is 7.24. The van der Waals surface area contributed by atoms with Gasteiger partial charge in [0.1, 0.15) is 23.0 Å². The van der Waals surface area contributed by atoms with Crippen LogP contribution in [0.3, 0.4) is 0 Å². The SMILES string of the molecule is CC1(COc2ccnc3[nH]cc(-c4cc(F)cc(F)c4)c23)CCNCC1. The van der Waals surface area contributed by atoms with Gasteiger partial charge in [-0.15, -0.1) is 0 Å². The molecular weight excluding hydrogens is 336 g/mol. The van der Waals surface area contributed by atoms with Crippen LogP contribution >= 0.6 is 0 Å². The monoisotopic (exact) mass is 357 g/mol. The lowest BCUT2D eigenvalue weighted by molar-refractivity contribution is 0.124. The Morgan fingerprint density at radius 1 is 1.15 bits per heavy atom. The number of piperidine rings is 1. The highest BCUT2D eigenvalue weighted by atomic mass is 19.1. The number of nitrogens with one attached hydrogen (secondary N) is 2.